The highest BCUT2D eigenvalue weighted by atomic mass is 16.2. The van der Waals surface area contributed by atoms with Gasteiger partial charge >= 0.3 is 6.03 Å². The van der Waals surface area contributed by atoms with Crippen LogP contribution < -0.4 is 10.6 Å². The van der Waals surface area contributed by atoms with Crippen LogP contribution in [0.25, 0.3) is 0 Å². The minimum atomic E-state index is -0.909. The first-order chi connectivity index (χ1) is 8.94. The van der Waals surface area contributed by atoms with Crippen molar-refractivity contribution in [2.24, 2.45) is 5.92 Å². The van der Waals surface area contributed by atoms with E-state index in [2.05, 4.69) is 10.6 Å². The van der Waals surface area contributed by atoms with Gasteiger partial charge in [-0.3, -0.25) is 14.5 Å². The molecular weight excluding hydrogens is 258 g/mol. The van der Waals surface area contributed by atoms with Gasteiger partial charge in [0, 0.05) is 5.54 Å². The minimum absolute atomic E-state index is 0.240. The Balaban J connectivity index is 2.75. The molecule has 0 aliphatic carbocycles. The van der Waals surface area contributed by atoms with Gasteiger partial charge in [0.05, 0.1) is 0 Å². The number of rotatable bonds is 4. The molecule has 0 radical (unpaired) electrons. The Hall–Kier alpha value is -1.59. The number of imide groups is 1. The van der Waals surface area contributed by atoms with Crippen molar-refractivity contribution < 1.29 is 14.4 Å². The van der Waals surface area contributed by atoms with E-state index in [9.17, 15) is 14.4 Å². The first kappa shape index (κ1) is 16.5. The van der Waals surface area contributed by atoms with E-state index in [1.807, 2.05) is 34.6 Å². The largest absolute Gasteiger partial charge is 0.350 e. The highest BCUT2D eigenvalue weighted by Crippen LogP contribution is 2.24. The Morgan fingerprint density at radius 1 is 1.35 bits per heavy atom. The lowest BCUT2D eigenvalue weighted by molar-refractivity contribution is -0.135. The Labute approximate surface area is 120 Å². The van der Waals surface area contributed by atoms with Crippen molar-refractivity contribution in [1.82, 2.24) is 15.5 Å². The third-order valence-corrected chi connectivity index (χ3v) is 2.98. The van der Waals surface area contributed by atoms with Crippen LogP contribution in [0.1, 0.15) is 48.0 Å². The second kappa shape index (κ2) is 5.42. The van der Waals surface area contributed by atoms with Gasteiger partial charge in [0.2, 0.25) is 5.91 Å². The summed E-state index contributed by atoms with van der Waals surface area (Å²) in [5.41, 5.74) is -1.30. The monoisotopic (exact) mass is 283 g/mol. The molecule has 0 saturated carbocycles. The summed E-state index contributed by atoms with van der Waals surface area (Å²) in [7, 11) is 0. The fourth-order valence-corrected chi connectivity index (χ4v) is 2.45. The fourth-order valence-electron chi connectivity index (χ4n) is 2.45. The topological polar surface area (TPSA) is 78.5 Å². The van der Waals surface area contributed by atoms with Gasteiger partial charge in [-0.05, 0) is 40.0 Å². The number of carbonyl (C=O) groups is 3. The first-order valence-electron chi connectivity index (χ1n) is 6.90. The Morgan fingerprint density at radius 3 is 2.35 bits per heavy atom. The molecule has 1 rings (SSSR count). The van der Waals surface area contributed by atoms with Crippen LogP contribution >= 0.6 is 0 Å². The molecule has 0 aromatic heterocycles. The van der Waals surface area contributed by atoms with Crippen molar-refractivity contribution in [3.05, 3.63) is 0 Å². The molecule has 6 heteroatoms. The van der Waals surface area contributed by atoms with E-state index in [0.717, 1.165) is 4.90 Å². The molecule has 0 aromatic rings. The zero-order chi connectivity index (χ0) is 15.7. The lowest BCUT2D eigenvalue weighted by atomic mass is 9.91. The average molecular weight is 283 g/mol. The normalized spacial score (nSPS) is 23.2. The fraction of sp³-hybridized carbons (Fsp3) is 0.786. The van der Waals surface area contributed by atoms with Crippen molar-refractivity contribution in [3.63, 3.8) is 0 Å². The molecule has 1 aliphatic heterocycles. The molecule has 20 heavy (non-hydrogen) atoms. The standard InChI is InChI=1S/C14H25N3O3/c1-9(2)7-14(6)11(19)17(12(20)16-14)8-10(18)15-13(3,4)5/h9H,7-8H2,1-6H3,(H,15,18)(H,16,20). The molecule has 1 unspecified atom stereocenters. The van der Waals surface area contributed by atoms with Crippen LogP contribution in [-0.4, -0.2) is 40.4 Å². The Bertz CT molecular complexity index is 426. The minimum Gasteiger partial charge on any atom is -0.350 e. The summed E-state index contributed by atoms with van der Waals surface area (Å²) in [4.78, 5) is 37.1. The molecule has 6 nitrogen and oxygen atoms in total. The zero-order valence-electron chi connectivity index (χ0n) is 13.2. The molecule has 0 spiro atoms. The third kappa shape index (κ3) is 3.95. The second-order valence-electron chi connectivity index (χ2n) is 7.05. The van der Waals surface area contributed by atoms with Crippen molar-refractivity contribution in [2.45, 2.75) is 59.0 Å². The highest BCUT2D eigenvalue weighted by Gasteiger charge is 2.48. The summed E-state index contributed by atoms with van der Waals surface area (Å²) in [6, 6.07) is -0.498. The van der Waals surface area contributed by atoms with Gasteiger partial charge in [-0.25, -0.2) is 4.79 Å². The van der Waals surface area contributed by atoms with Crippen LogP contribution in [0, 0.1) is 5.92 Å². The number of nitrogens with one attached hydrogen (secondary N) is 2. The Morgan fingerprint density at radius 2 is 1.90 bits per heavy atom. The van der Waals surface area contributed by atoms with Crippen LogP contribution in [0.15, 0.2) is 0 Å². The van der Waals surface area contributed by atoms with E-state index in [0.29, 0.717) is 6.42 Å². The smallest absolute Gasteiger partial charge is 0.325 e. The lowest BCUT2D eigenvalue weighted by Crippen LogP contribution is -2.48. The summed E-state index contributed by atoms with van der Waals surface area (Å²) in [6.07, 6.45) is 0.551. The zero-order valence-corrected chi connectivity index (χ0v) is 13.2. The molecule has 1 fully saturated rings. The number of amides is 4. The number of hydrogen-bond donors (Lipinski definition) is 2. The van der Waals surface area contributed by atoms with Crippen LogP contribution in [-0.2, 0) is 9.59 Å². The van der Waals surface area contributed by atoms with Gasteiger partial charge in [0.1, 0.15) is 12.1 Å². The first-order valence-corrected chi connectivity index (χ1v) is 6.90. The lowest BCUT2D eigenvalue weighted by Gasteiger charge is -2.24. The molecule has 2 N–H and O–H groups in total. The summed E-state index contributed by atoms with van der Waals surface area (Å²) >= 11 is 0. The molecule has 114 valence electrons. The molecule has 0 bridgehead atoms. The van der Waals surface area contributed by atoms with E-state index in [-0.39, 0.29) is 24.3 Å². The highest BCUT2D eigenvalue weighted by molar-refractivity contribution is 6.08. The number of urea groups is 1. The van der Waals surface area contributed by atoms with E-state index in [4.69, 9.17) is 0 Å². The maximum atomic E-state index is 12.3. The quantitative estimate of drug-likeness (QED) is 0.762. The van der Waals surface area contributed by atoms with Crippen LogP contribution in [0.4, 0.5) is 4.79 Å². The van der Waals surface area contributed by atoms with Crippen LogP contribution in [0.2, 0.25) is 0 Å². The van der Waals surface area contributed by atoms with E-state index < -0.39 is 17.1 Å². The van der Waals surface area contributed by atoms with Gasteiger partial charge < -0.3 is 10.6 Å². The van der Waals surface area contributed by atoms with Gasteiger partial charge in [-0.15, -0.1) is 0 Å². The van der Waals surface area contributed by atoms with E-state index in [1.54, 1.807) is 6.92 Å². The van der Waals surface area contributed by atoms with Crippen molar-refractivity contribution >= 4 is 17.8 Å². The SMILES string of the molecule is CC(C)CC1(C)NC(=O)N(CC(=O)NC(C)(C)C)C1=O. The third-order valence-electron chi connectivity index (χ3n) is 2.98. The molecule has 1 heterocycles. The molecule has 1 saturated heterocycles. The van der Waals surface area contributed by atoms with Crippen LogP contribution in [0.3, 0.4) is 0 Å². The van der Waals surface area contributed by atoms with Crippen molar-refractivity contribution in [2.75, 3.05) is 6.54 Å². The van der Waals surface area contributed by atoms with E-state index in [1.165, 1.54) is 0 Å². The second-order valence-corrected chi connectivity index (χ2v) is 7.05. The van der Waals surface area contributed by atoms with Crippen LogP contribution in [0.5, 0.6) is 0 Å². The predicted octanol–water partition coefficient (Wildman–Crippen LogP) is 1.26. The summed E-state index contributed by atoms with van der Waals surface area (Å²) in [5, 5.41) is 5.43. The summed E-state index contributed by atoms with van der Waals surface area (Å²) < 4.78 is 0. The number of nitrogens with zero attached hydrogens (tertiary/aromatic N) is 1. The van der Waals surface area contributed by atoms with E-state index >= 15 is 0 Å². The van der Waals surface area contributed by atoms with Gasteiger partial charge in [-0.2, -0.15) is 0 Å². The maximum Gasteiger partial charge on any atom is 0.325 e. The van der Waals surface area contributed by atoms with Gasteiger partial charge in [0.15, 0.2) is 0 Å². The van der Waals surface area contributed by atoms with Crippen molar-refractivity contribution in [1.29, 1.82) is 0 Å². The summed E-state index contributed by atoms with van der Waals surface area (Å²) in [5.74, 6) is -0.400. The molecule has 1 atom stereocenters. The predicted molar refractivity (Wildman–Crippen MR) is 76.0 cm³/mol. The van der Waals surface area contributed by atoms with Gasteiger partial charge in [0.25, 0.3) is 5.91 Å². The van der Waals surface area contributed by atoms with Crippen molar-refractivity contribution in [3.8, 4) is 0 Å². The molecule has 4 amide bonds. The molecule has 0 aromatic carbocycles. The molecular formula is C14H25N3O3. The summed E-state index contributed by atoms with van der Waals surface area (Å²) in [6.45, 7) is 11.0. The van der Waals surface area contributed by atoms with Gasteiger partial charge in [-0.1, -0.05) is 13.8 Å². The number of hydrogen-bond acceptors (Lipinski definition) is 3. The molecule has 1 aliphatic rings. The maximum absolute atomic E-state index is 12.3. The number of carbonyl (C=O) groups excluding carboxylic acids is 3. The average Bonchev–Trinajstić information content (AvgIpc) is 2.38. The Kier molecular flexibility index (Phi) is 4.46.